The summed E-state index contributed by atoms with van der Waals surface area (Å²) in [4.78, 5) is 19.7. The summed E-state index contributed by atoms with van der Waals surface area (Å²) < 4.78 is 7.84. The predicted octanol–water partition coefficient (Wildman–Crippen LogP) is 4.36. The SMILES string of the molecule is C[C@@H](c1ccc(OC[C@H]2CCCN2C)cc1C(N)=O)c1cc(-c2cnn(C)c2)nc2ccccc12. The van der Waals surface area contributed by atoms with Crippen LogP contribution >= 0.6 is 0 Å². The van der Waals surface area contributed by atoms with Crippen LogP contribution in [0.5, 0.6) is 5.75 Å². The largest absolute Gasteiger partial charge is 0.492 e. The van der Waals surface area contributed by atoms with Crippen molar-refractivity contribution >= 4 is 16.8 Å². The van der Waals surface area contributed by atoms with E-state index in [0.717, 1.165) is 46.3 Å². The second-order valence-electron chi connectivity index (χ2n) is 9.44. The maximum atomic E-state index is 12.5. The molecule has 2 atom stereocenters. The normalized spacial score (nSPS) is 17.1. The van der Waals surface area contributed by atoms with Crippen molar-refractivity contribution in [2.75, 3.05) is 20.2 Å². The summed E-state index contributed by atoms with van der Waals surface area (Å²) >= 11 is 0. The first kappa shape index (κ1) is 23.1. The van der Waals surface area contributed by atoms with Gasteiger partial charge in [0.15, 0.2) is 0 Å². The molecule has 7 nitrogen and oxygen atoms in total. The monoisotopic (exact) mass is 469 g/mol. The fourth-order valence-electron chi connectivity index (χ4n) is 5.03. The van der Waals surface area contributed by atoms with Crippen molar-refractivity contribution < 1.29 is 9.53 Å². The van der Waals surface area contributed by atoms with E-state index < -0.39 is 5.91 Å². The van der Waals surface area contributed by atoms with Crippen molar-refractivity contribution in [3.63, 3.8) is 0 Å². The van der Waals surface area contributed by atoms with E-state index in [4.69, 9.17) is 15.5 Å². The highest BCUT2D eigenvalue weighted by atomic mass is 16.5. The number of primary amides is 1. The van der Waals surface area contributed by atoms with Crippen LogP contribution in [0, 0.1) is 0 Å². The molecule has 0 bridgehead atoms. The smallest absolute Gasteiger partial charge is 0.249 e. The fourth-order valence-corrected chi connectivity index (χ4v) is 5.03. The van der Waals surface area contributed by atoms with Crippen molar-refractivity contribution in [3.05, 3.63) is 77.6 Å². The van der Waals surface area contributed by atoms with E-state index in [1.54, 1.807) is 10.7 Å². The molecule has 35 heavy (non-hydrogen) atoms. The first-order valence-electron chi connectivity index (χ1n) is 12.1. The van der Waals surface area contributed by atoms with E-state index in [1.807, 2.05) is 49.8 Å². The zero-order chi connectivity index (χ0) is 24.5. The minimum Gasteiger partial charge on any atom is -0.492 e. The lowest BCUT2D eigenvalue weighted by Gasteiger charge is -2.21. The number of likely N-dealkylation sites (tertiary alicyclic amines) is 1. The van der Waals surface area contributed by atoms with Gasteiger partial charge in [0.05, 0.1) is 17.4 Å². The van der Waals surface area contributed by atoms with Crippen LogP contribution < -0.4 is 10.5 Å². The van der Waals surface area contributed by atoms with Gasteiger partial charge in [-0.25, -0.2) is 4.98 Å². The summed E-state index contributed by atoms with van der Waals surface area (Å²) in [6, 6.07) is 16.3. The van der Waals surface area contributed by atoms with E-state index in [0.29, 0.717) is 24.0 Å². The lowest BCUT2D eigenvalue weighted by Crippen LogP contribution is -2.30. The maximum Gasteiger partial charge on any atom is 0.249 e. The van der Waals surface area contributed by atoms with Crippen molar-refractivity contribution in [1.82, 2.24) is 19.7 Å². The number of benzene rings is 2. The van der Waals surface area contributed by atoms with Gasteiger partial charge in [0, 0.05) is 41.7 Å². The Morgan fingerprint density at radius 2 is 2.00 bits per heavy atom. The van der Waals surface area contributed by atoms with Gasteiger partial charge in [-0.15, -0.1) is 0 Å². The Morgan fingerprint density at radius 3 is 2.71 bits per heavy atom. The van der Waals surface area contributed by atoms with Crippen LogP contribution in [0.4, 0.5) is 0 Å². The molecule has 5 rings (SSSR count). The molecular formula is C28H31N5O2. The van der Waals surface area contributed by atoms with E-state index >= 15 is 0 Å². The van der Waals surface area contributed by atoms with Crippen LogP contribution in [0.2, 0.25) is 0 Å². The number of rotatable bonds is 7. The number of hydrogen-bond acceptors (Lipinski definition) is 5. The summed E-state index contributed by atoms with van der Waals surface area (Å²) in [6.45, 7) is 3.80. The van der Waals surface area contributed by atoms with Crippen molar-refractivity contribution in [2.24, 2.45) is 12.8 Å². The molecule has 1 fully saturated rings. The topological polar surface area (TPSA) is 86.3 Å². The van der Waals surface area contributed by atoms with Crippen LogP contribution in [0.3, 0.4) is 0 Å². The lowest BCUT2D eigenvalue weighted by atomic mass is 9.86. The van der Waals surface area contributed by atoms with Crippen LogP contribution in [-0.4, -0.2) is 51.8 Å². The first-order valence-corrected chi connectivity index (χ1v) is 12.1. The maximum absolute atomic E-state index is 12.5. The molecule has 180 valence electrons. The number of amides is 1. The Bertz CT molecular complexity index is 1380. The molecule has 0 spiro atoms. The molecule has 1 amide bonds. The van der Waals surface area contributed by atoms with Gasteiger partial charge in [-0.1, -0.05) is 31.2 Å². The minimum atomic E-state index is -0.457. The third-order valence-corrected chi connectivity index (χ3v) is 7.09. The number of ether oxygens (including phenoxy) is 1. The molecule has 2 aromatic heterocycles. The Labute approximate surface area is 205 Å². The summed E-state index contributed by atoms with van der Waals surface area (Å²) in [5.74, 6) is 0.127. The van der Waals surface area contributed by atoms with Crippen LogP contribution in [0.15, 0.2) is 60.9 Å². The average Bonchev–Trinajstić information content (AvgIpc) is 3.49. The number of fused-ring (bicyclic) bond motifs is 1. The number of aromatic nitrogens is 3. The number of para-hydroxylation sites is 1. The number of carbonyl (C=O) groups is 1. The summed E-state index contributed by atoms with van der Waals surface area (Å²) in [5, 5.41) is 5.35. The molecule has 1 saturated heterocycles. The Morgan fingerprint density at radius 1 is 1.17 bits per heavy atom. The zero-order valence-electron chi connectivity index (χ0n) is 20.4. The highest BCUT2D eigenvalue weighted by Gasteiger charge is 2.23. The standard InChI is InChI=1S/C28H31N5O2/c1-18(22-11-10-21(13-25(22)28(29)34)35-17-20-7-6-12-32(20)2)24-14-27(19-15-30-33(3)16-19)31-26-9-5-4-8-23(24)26/h4-5,8-11,13-16,18,20H,6-7,12,17H2,1-3H3,(H2,29,34)/t18-,20+/m0/s1. The zero-order valence-corrected chi connectivity index (χ0v) is 20.4. The summed E-state index contributed by atoms with van der Waals surface area (Å²) in [7, 11) is 4.01. The molecule has 2 N–H and O–H groups in total. The van der Waals surface area contributed by atoms with Crippen molar-refractivity contribution in [3.8, 4) is 17.0 Å². The third kappa shape index (κ3) is 4.64. The van der Waals surface area contributed by atoms with Gasteiger partial charge < -0.3 is 15.4 Å². The number of aryl methyl sites for hydroxylation is 1. The number of hydrogen-bond donors (Lipinski definition) is 1. The fraction of sp³-hybridized carbons (Fsp3) is 0.321. The molecule has 4 aromatic rings. The van der Waals surface area contributed by atoms with E-state index in [9.17, 15) is 4.79 Å². The van der Waals surface area contributed by atoms with Gasteiger partial charge in [-0.2, -0.15) is 5.10 Å². The highest BCUT2D eigenvalue weighted by molar-refractivity contribution is 5.95. The average molecular weight is 470 g/mol. The van der Waals surface area contributed by atoms with Gasteiger partial charge in [-0.3, -0.25) is 9.48 Å². The van der Waals surface area contributed by atoms with Crippen molar-refractivity contribution in [1.29, 1.82) is 0 Å². The van der Waals surface area contributed by atoms with Crippen molar-refractivity contribution in [2.45, 2.75) is 31.7 Å². The molecule has 1 aliphatic rings. The molecule has 1 aliphatic heterocycles. The highest BCUT2D eigenvalue weighted by Crippen LogP contribution is 2.35. The van der Waals surface area contributed by atoms with Crippen LogP contribution in [0.25, 0.3) is 22.2 Å². The number of pyridine rings is 1. The van der Waals surface area contributed by atoms with Crippen LogP contribution in [-0.2, 0) is 7.05 Å². The molecule has 7 heteroatoms. The molecular weight excluding hydrogens is 438 g/mol. The second-order valence-corrected chi connectivity index (χ2v) is 9.44. The van der Waals surface area contributed by atoms with Crippen LogP contribution in [0.1, 0.15) is 47.2 Å². The number of likely N-dealkylation sites (N-methyl/N-ethyl adjacent to an activating group) is 1. The van der Waals surface area contributed by atoms with Gasteiger partial charge in [0.2, 0.25) is 5.91 Å². The predicted molar refractivity (Wildman–Crippen MR) is 138 cm³/mol. The lowest BCUT2D eigenvalue weighted by molar-refractivity contribution is 0.0998. The Balaban J connectivity index is 1.52. The Hall–Kier alpha value is -3.71. The van der Waals surface area contributed by atoms with E-state index in [-0.39, 0.29) is 5.92 Å². The minimum absolute atomic E-state index is 0.0872. The van der Waals surface area contributed by atoms with Gasteiger partial charge in [0.25, 0.3) is 0 Å². The summed E-state index contributed by atoms with van der Waals surface area (Å²) in [5.41, 5.74) is 11.0. The number of carbonyl (C=O) groups excluding carboxylic acids is 1. The molecule has 0 saturated carbocycles. The molecule has 0 unspecified atom stereocenters. The second kappa shape index (κ2) is 9.50. The van der Waals surface area contributed by atoms with Gasteiger partial charge in [-0.05, 0) is 61.8 Å². The molecule has 3 heterocycles. The molecule has 0 radical (unpaired) electrons. The quantitative estimate of drug-likeness (QED) is 0.435. The Kier molecular flexibility index (Phi) is 6.26. The summed E-state index contributed by atoms with van der Waals surface area (Å²) in [6.07, 6.45) is 6.08. The van der Waals surface area contributed by atoms with Gasteiger partial charge in [0.1, 0.15) is 12.4 Å². The first-order chi connectivity index (χ1) is 16.9. The van der Waals surface area contributed by atoms with Gasteiger partial charge >= 0.3 is 0 Å². The number of nitrogens with two attached hydrogens (primary N) is 1. The van der Waals surface area contributed by atoms with E-state index in [1.165, 1.54) is 6.42 Å². The molecule has 2 aromatic carbocycles. The third-order valence-electron chi connectivity index (χ3n) is 7.09. The molecule has 0 aliphatic carbocycles. The van der Waals surface area contributed by atoms with E-state index in [2.05, 4.69) is 36.1 Å². The number of nitrogens with zero attached hydrogens (tertiary/aromatic N) is 4.